The van der Waals surface area contributed by atoms with E-state index in [9.17, 15) is 8.78 Å². The Morgan fingerprint density at radius 3 is 2.57 bits per heavy atom. The van der Waals surface area contributed by atoms with Gasteiger partial charge < -0.3 is 4.90 Å². The first-order valence-electron chi connectivity index (χ1n) is 4.92. The van der Waals surface area contributed by atoms with Crippen molar-refractivity contribution in [3.8, 4) is 0 Å². The maximum atomic E-state index is 13.2. The van der Waals surface area contributed by atoms with Gasteiger partial charge >= 0.3 is 0 Å². The van der Waals surface area contributed by atoms with E-state index < -0.39 is 11.6 Å². The van der Waals surface area contributed by atoms with Crippen LogP contribution in [0, 0.1) is 11.6 Å². The molecule has 0 amide bonds. The summed E-state index contributed by atoms with van der Waals surface area (Å²) in [5.74, 6) is -0.930. The monoisotopic (exact) mass is 197 g/mol. The van der Waals surface area contributed by atoms with E-state index in [1.807, 2.05) is 0 Å². The molecule has 0 N–H and O–H groups in total. The molecular weight excluding hydrogens is 184 g/mol. The zero-order chi connectivity index (χ0) is 9.97. The molecule has 1 aromatic carbocycles. The van der Waals surface area contributed by atoms with Crippen LogP contribution in [0.3, 0.4) is 0 Å². The van der Waals surface area contributed by atoms with Gasteiger partial charge in [0.15, 0.2) is 0 Å². The summed E-state index contributed by atoms with van der Waals surface area (Å²) in [5.41, 5.74) is 0.610. The standard InChI is InChI=1S/C11H13F2N/c12-10-3-2-9(11(13)8-10)4-7-14-5-1-6-14/h2-3,8H,1,4-7H2. The van der Waals surface area contributed by atoms with Gasteiger partial charge in [-0.25, -0.2) is 8.78 Å². The van der Waals surface area contributed by atoms with Crippen LogP contribution in [0.1, 0.15) is 12.0 Å². The molecule has 2 rings (SSSR count). The maximum absolute atomic E-state index is 13.2. The Balaban J connectivity index is 1.94. The first kappa shape index (κ1) is 9.59. The van der Waals surface area contributed by atoms with Crippen molar-refractivity contribution in [2.75, 3.05) is 19.6 Å². The fourth-order valence-corrected chi connectivity index (χ4v) is 1.61. The third-order valence-corrected chi connectivity index (χ3v) is 2.66. The minimum absolute atomic E-state index is 0.425. The molecule has 3 heteroatoms. The third kappa shape index (κ3) is 2.10. The Kier molecular flexibility index (Phi) is 2.77. The third-order valence-electron chi connectivity index (χ3n) is 2.66. The summed E-state index contributed by atoms with van der Waals surface area (Å²) in [5, 5.41) is 0. The maximum Gasteiger partial charge on any atom is 0.129 e. The van der Waals surface area contributed by atoms with Gasteiger partial charge in [0.1, 0.15) is 11.6 Å². The van der Waals surface area contributed by atoms with Gasteiger partial charge in [-0.1, -0.05) is 6.07 Å². The Morgan fingerprint density at radius 2 is 2.00 bits per heavy atom. The van der Waals surface area contributed by atoms with E-state index in [0.29, 0.717) is 12.0 Å². The molecule has 1 aliphatic rings. The molecule has 0 bridgehead atoms. The average molecular weight is 197 g/mol. The smallest absolute Gasteiger partial charge is 0.129 e. The van der Waals surface area contributed by atoms with Gasteiger partial charge in [0.2, 0.25) is 0 Å². The number of benzene rings is 1. The summed E-state index contributed by atoms with van der Waals surface area (Å²) < 4.78 is 25.7. The molecule has 0 aliphatic carbocycles. The number of hydrogen-bond acceptors (Lipinski definition) is 1. The van der Waals surface area contributed by atoms with E-state index >= 15 is 0 Å². The molecule has 0 radical (unpaired) electrons. The van der Waals surface area contributed by atoms with Gasteiger partial charge in [0.05, 0.1) is 0 Å². The summed E-state index contributed by atoms with van der Waals surface area (Å²) in [6.45, 7) is 3.11. The van der Waals surface area contributed by atoms with E-state index in [4.69, 9.17) is 0 Å². The second kappa shape index (κ2) is 4.05. The fourth-order valence-electron chi connectivity index (χ4n) is 1.61. The van der Waals surface area contributed by atoms with Crippen molar-refractivity contribution in [3.63, 3.8) is 0 Å². The minimum atomic E-state index is -0.504. The van der Waals surface area contributed by atoms with Crippen LogP contribution in [-0.2, 0) is 6.42 Å². The highest BCUT2D eigenvalue weighted by molar-refractivity contribution is 5.18. The van der Waals surface area contributed by atoms with Crippen LogP contribution in [-0.4, -0.2) is 24.5 Å². The Morgan fingerprint density at radius 1 is 1.21 bits per heavy atom. The van der Waals surface area contributed by atoms with Gasteiger partial charge in [-0.15, -0.1) is 0 Å². The van der Waals surface area contributed by atoms with Crippen LogP contribution in [0.4, 0.5) is 8.78 Å². The number of nitrogens with zero attached hydrogens (tertiary/aromatic N) is 1. The van der Waals surface area contributed by atoms with E-state index in [-0.39, 0.29) is 0 Å². The first-order valence-corrected chi connectivity index (χ1v) is 4.92. The van der Waals surface area contributed by atoms with Gasteiger partial charge in [-0.3, -0.25) is 0 Å². The summed E-state index contributed by atoms with van der Waals surface area (Å²) in [4.78, 5) is 2.27. The Labute approximate surface area is 82.3 Å². The lowest BCUT2D eigenvalue weighted by Gasteiger charge is -2.30. The lowest BCUT2D eigenvalue weighted by Crippen LogP contribution is -2.38. The first-order chi connectivity index (χ1) is 6.75. The molecule has 1 aromatic rings. The van der Waals surface area contributed by atoms with Crippen LogP contribution in [0.25, 0.3) is 0 Å². The van der Waals surface area contributed by atoms with Crippen molar-refractivity contribution in [1.82, 2.24) is 4.90 Å². The highest BCUT2D eigenvalue weighted by Crippen LogP contribution is 2.12. The molecule has 0 saturated carbocycles. The lowest BCUT2D eigenvalue weighted by molar-refractivity contribution is 0.183. The van der Waals surface area contributed by atoms with Crippen molar-refractivity contribution in [2.24, 2.45) is 0 Å². The number of rotatable bonds is 3. The topological polar surface area (TPSA) is 3.24 Å². The van der Waals surface area contributed by atoms with E-state index in [2.05, 4.69) is 4.90 Å². The van der Waals surface area contributed by atoms with Crippen molar-refractivity contribution in [3.05, 3.63) is 35.4 Å². The number of halogens is 2. The molecule has 14 heavy (non-hydrogen) atoms. The van der Waals surface area contributed by atoms with Crippen molar-refractivity contribution >= 4 is 0 Å². The second-order valence-electron chi connectivity index (χ2n) is 3.68. The second-order valence-corrected chi connectivity index (χ2v) is 3.68. The largest absolute Gasteiger partial charge is 0.303 e. The van der Waals surface area contributed by atoms with Gasteiger partial charge in [0.25, 0.3) is 0 Å². The molecule has 1 saturated heterocycles. The molecule has 76 valence electrons. The Bertz CT molecular complexity index is 321. The molecule has 0 aromatic heterocycles. The molecular formula is C11H13F2N. The summed E-state index contributed by atoms with van der Waals surface area (Å²) >= 11 is 0. The van der Waals surface area contributed by atoms with Gasteiger partial charge in [-0.05, 0) is 37.6 Å². The van der Waals surface area contributed by atoms with Crippen LogP contribution in [0.2, 0.25) is 0 Å². The van der Waals surface area contributed by atoms with E-state index in [0.717, 1.165) is 25.7 Å². The van der Waals surface area contributed by atoms with E-state index in [1.165, 1.54) is 18.6 Å². The van der Waals surface area contributed by atoms with Crippen LogP contribution in [0.5, 0.6) is 0 Å². The quantitative estimate of drug-likeness (QED) is 0.718. The highest BCUT2D eigenvalue weighted by Gasteiger charge is 2.13. The minimum Gasteiger partial charge on any atom is -0.303 e. The molecule has 1 fully saturated rings. The van der Waals surface area contributed by atoms with Gasteiger partial charge in [0, 0.05) is 12.6 Å². The molecule has 0 atom stereocenters. The van der Waals surface area contributed by atoms with Crippen LogP contribution in [0.15, 0.2) is 18.2 Å². The summed E-state index contributed by atoms with van der Waals surface area (Å²) in [6, 6.07) is 3.80. The average Bonchev–Trinajstić information content (AvgIpc) is 2.05. The Hall–Kier alpha value is -0.960. The lowest BCUT2D eigenvalue weighted by atomic mass is 10.1. The molecule has 0 unspecified atom stereocenters. The van der Waals surface area contributed by atoms with Crippen LogP contribution >= 0.6 is 0 Å². The molecule has 1 heterocycles. The molecule has 1 nitrogen and oxygen atoms in total. The predicted octanol–water partition coefficient (Wildman–Crippen LogP) is 2.21. The number of hydrogen-bond donors (Lipinski definition) is 0. The summed E-state index contributed by atoms with van der Waals surface area (Å²) in [6.07, 6.45) is 1.91. The van der Waals surface area contributed by atoms with Crippen molar-refractivity contribution in [1.29, 1.82) is 0 Å². The fraction of sp³-hybridized carbons (Fsp3) is 0.455. The zero-order valence-electron chi connectivity index (χ0n) is 7.97. The SMILES string of the molecule is Fc1ccc(CCN2CCC2)c(F)c1. The predicted molar refractivity (Wildman–Crippen MR) is 51.1 cm³/mol. The van der Waals surface area contributed by atoms with Crippen LogP contribution < -0.4 is 0 Å². The molecule has 0 spiro atoms. The highest BCUT2D eigenvalue weighted by atomic mass is 19.1. The van der Waals surface area contributed by atoms with E-state index in [1.54, 1.807) is 0 Å². The van der Waals surface area contributed by atoms with Crippen molar-refractivity contribution < 1.29 is 8.78 Å². The number of likely N-dealkylation sites (tertiary alicyclic amines) is 1. The zero-order valence-corrected chi connectivity index (χ0v) is 7.97. The van der Waals surface area contributed by atoms with Crippen molar-refractivity contribution in [2.45, 2.75) is 12.8 Å². The normalized spacial score (nSPS) is 16.7. The molecule has 1 aliphatic heterocycles. The van der Waals surface area contributed by atoms with Gasteiger partial charge in [-0.2, -0.15) is 0 Å². The summed E-state index contributed by atoms with van der Waals surface area (Å²) in [7, 11) is 0.